The van der Waals surface area contributed by atoms with Crippen LogP contribution in [0.2, 0.25) is 0 Å². The first-order chi connectivity index (χ1) is 11.3. The van der Waals surface area contributed by atoms with Gasteiger partial charge in [0, 0.05) is 13.2 Å². The lowest BCUT2D eigenvalue weighted by Crippen LogP contribution is -2.20. The fraction of sp³-hybridized carbons (Fsp3) is 0.909. The molecule has 1 heteroatoms. The van der Waals surface area contributed by atoms with Crippen LogP contribution in [0.4, 0.5) is 0 Å². The second-order valence-corrected chi connectivity index (χ2v) is 8.12. The lowest BCUT2D eigenvalue weighted by atomic mass is 9.75. The molecule has 0 atom stereocenters. The van der Waals surface area contributed by atoms with Crippen LogP contribution in [-0.4, -0.2) is 13.2 Å². The molecule has 0 radical (unpaired) electrons. The van der Waals surface area contributed by atoms with Gasteiger partial charge in [-0.1, -0.05) is 51.2 Å². The Labute approximate surface area is 145 Å². The van der Waals surface area contributed by atoms with Crippen LogP contribution in [0.15, 0.2) is 12.2 Å². The third-order valence-electron chi connectivity index (χ3n) is 6.26. The molecule has 2 aliphatic carbocycles. The molecule has 2 aliphatic rings. The van der Waals surface area contributed by atoms with E-state index < -0.39 is 0 Å². The van der Waals surface area contributed by atoms with E-state index in [2.05, 4.69) is 26.0 Å². The molecule has 23 heavy (non-hydrogen) atoms. The molecule has 0 N–H and O–H groups in total. The zero-order valence-electron chi connectivity index (χ0n) is 15.8. The number of hydrogen-bond donors (Lipinski definition) is 0. The molecule has 0 aromatic heterocycles. The third kappa shape index (κ3) is 7.42. The zero-order chi connectivity index (χ0) is 16.3. The molecule has 2 rings (SSSR count). The van der Waals surface area contributed by atoms with Crippen LogP contribution in [0.25, 0.3) is 0 Å². The van der Waals surface area contributed by atoms with Crippen LogP contribution in [0.3, 0.4) is 0 Å². The van der Waals surface area contributed by atoms with Crippen molar-refractivity contribution >= 4 is 0 Å². The molecule has 0 spiro atoms. The van der Waals surface area contributed by atoms with E-state index in [1.807, 2.05) is 0 Å². The summed E-state index contributed by atoms with van der Waals surface area (Å²) in [5.41, 5.74) is 0. The highest BCUT2D eigenvalue weighted by Crippen LogP contribution is 2.36. The Morgan fingerprint density at radius 1 is 0.783 bits per heavy atom. The number of unbranched alkanes of at least 4 members (excludes halogenated alkanes) is 1. The number of rotatable bonds is 9. The highest BCUT2D eigenvalue weighted by Gasteiger charge is 2.24. The minimum atomic E-state index is 0.858. The highest BCUT2D eigenvalue weighted by molar-refractivity contribution is 4.91. The molecule has 0 saturated heterocycles. The van der Waals surface area contributed by atoms with E-state index in [0.717, 1.165) is 36.9 Å². The zero-order valence-corrected chi connectivity index (χ0v) is 15.8. The lowest BCUT2D eigenvalue weighted by Gasteiger charge is -2.31. The van der Waals surface area contributed by atoms with Gasteiger partial charge in [-0.3, -0.25) is 0 Å². The summed E-state index contributed by atoms with van der Waals surface area (Å²) in [7, 11) is 0. The van der Waals surface area contributed by atoms with Crippen molar-refractivity contribution in [3.63, 3.8) is 0 Å². The Morgan fingerprint density at radius 2 is 1.35 bits per heavy atom. The van der Waals surface area contributed by atoms with Gasteiger partial charge in [0.2, 0.25) is 0 Å². The number of hydrogen-bond acceptors (Lipinski definition) is 1. The summed E-state index contributed by atoms with van der Waals surface area (Å²) in [6, 6.07) is 0. The fourth-order valence-corrected chi connectivity index (χ4v) is 4.57. The van der Waals surface area contributed by atoms with Crippen molar-refractivity contribution < 1.29 is 4.74 Å². The van der Waals surface area contributed by atoms with Crippen molar-refractivity contribution in [2.45, 2.75) is 90.9 Å². The molecular weight excluding hydrogens is 280 g/mol. The second-order valence-electron chi connectivity index (χ2n) is 8.12. The van der Waals surface area contributed by atoms with E-state index in [-0.39, 0.29) is 0 Å². The summed E-state index contributed by atoms with van der Waals surface area (Å²) in [4.78, 5) is 0. The first-order valence-electron chi connectivity index (χ1n) is 10.6. The van der Waals surface area contributed by atoms with Crippen LogP contribution in [-0.2, 0) is 4.74 Å². The summed E-state index contributed by atoms with van der Waals surface area (Å²) in [5, 5.41) is 0. The van der Waals surface area contributed by atoms with Crippen molar-refractivity contribution in [2.75, 3.05) is 13.2 Å². The Hall–Kier alpha value is -0.300. The van der Waals surface area contributed by atoms with Crippen LogP contribution in [0.1, 0.15) is 90.9 Å². The van der Waals surface area contributed by atoms with Gasteiger partial charge < -0.3 is 4.74 Å². The second kappa shape index (κ2) is 11.3. The van der Waals surface area contributed by atoms with Crippen LogP contribution in [0, 0.1) is 23.7 Å². The topological polar surface area (TPSA) is 9.23 Å². The fourth-order valence-electron chi connectivity index (χ4n) is 4.57. The number of ether oxygens (including phenoxy) is 1. The van der Waals surface area contributed by atoms with Gasteiger partial charge in [-0.25, -0.2) is 0 Å². The predicted octanol–water partition coefficient (Wildman–Crippen LogP) is 6.77. The van der Waals surface area contributed by atoms with Crippen molar-refractivity contribution in [1.29, 1.82) is 0 Å². The van der Waals surface area contributed by atoms with Gasteiger partial charge in [-0.2, -0.15) is 0 Å². The molecule has 0 aliphatic heterocycles. The minimum absolute atomic E-state index is 0.858. The molecule has 2 saturated carbocycles. The molecule has 134 valence electrons. The summed E-state index contributed by atoms with van der Waals surface area (Å²) in [5.74, 6) is 3.81. The SMILES string of the molecule is CCC/C=C/C1CCC(CCC2CCC(COCC)CC2)CC1. The van der Waals surface area contributed by atoms with Gasteiger partial charge in [-0.05, 0) is 75.5 Å². The minimum Gasteiger partial charge on any atom is -0.381 e. The van der Waals surface area contributed by atoms with Gasteiger partial charge >= 0.3 is 0 Å². The summed E-state index contributed by atoms with van der Waals surface area (Å²) >= 11 is 0. The van der Waals surface area contributed by atoms with Gasteiger partial charge in [-0.15, -0.1) is 0 Å². The monoisotopic (exact) mass is 320 g/mol. The quantitative estimate of drug-likeness (QED) is 0.426. The maximum atomic E-state index is 5.60. The van der Waals surface area contributed by atoms with Crippen molar-refractivity contribution in [3.05, 3.63) is 12.2 Å². The first kappa shape index (κ1) is 19.0. The summed E-state index contributed by atoms with van der Waals surface area (Å²) in [6.07, 6.45) is 22.1. The average molecular weight is 321 g/mol. The van der Waals surface area contributed by atoms with Crippen LogP contribution in [0.5, 0.6) is 0 Å². The first-order valence-corrected chi connectivity index (χ1v) is 10.6. The van der Waals surface area contributed by atoms with Gasteiger partial charge in [0.15, 0.2) is 0 Å². The van der Waals surface area contributed by atoms with E-state index >= 15 is 0 Å². The smallest absolute Gasteiger partial charge is 0.0494 e. The van der Waals surface area contributed by atoms with Crippen LogP contribution < -0.4 is 0 Å². The molecule has 1 nitrogen and oxygen atoms in total. The Morgan fingerprint density at radius 3 is 1.91 bits per heavy atom. The van der Waals surface area contributed by atoms with Crippen molar-refractivity contribution in [1.82, 2.24) is 0 Å². The molecule has 0 aromatic carbocycles. The van der Waals surface area contributed by atoms with Gasteiger partial charge in [0.25, 0.3) is 0 Å². The van der Waals surface area contributed by atoms with Crippen molar-refractivity contribution in [3.8, 4) is 0 Å². The van der Waals surface area contributed by atoms with E-state index in [9.17, 15) is 0 Å². The van der Waals surface area contributed by atoms with Crippen LogP contribution >= 0.6 is 0 Å². The highest BCUT2D eigenvalue weighted by atomic mass is 16.5. The largest absolute Gasteiger partial charge is 0.381 e. The van der Waals surface area contributed by atoms with Gasteiger partial charge in [0.05, 0.1) is 0 Å². The molecular formula is C22H40O. The summed E-state index contributed by atoms with van der Waals surface area (Å²) < 4.78 is 5.60. The number of allylic oxidation sites excluding steroid dienone is 2. The maximum absolute atomic E-state index is 5.60. The lowest BCUT2D eigenvalue weighted by molar-refractivity contribution is 0.0844. The van der Waals surface area contributed by atoms with Gasteiger partial charge in [0.1, 0.15) is 0 Å². The Bertz CT molecular complexity index is 306. The Kier molecular flexibility index (Phi) is 9.34. The van der Waals surface area contributed by atoms with Crippen molar-refractivity contribution in [2.24, 2.45) is 23.7 Å². The molecule has 0 aromatic rings. The predicted molar refractivity (Wildman–Crippen MR) is 101 cm³/mol. The molecule has 2 fully saturated rings. The molecule has 0 heterocycles. The average Bonchev–Trinajstić information content (AvgIpc) is 2.60. The summed E-state index contributed by atoms with van der Waals surface area (Å²) in [6.45, 7) is 6.28. The van der Waals surface area contributed by atoms with E-state index in [0.29, 0.717) is 0 Å². The maximum Gasteiger partial charge on any atom is 0.0494 e. The normalized spacial score (nSPS) is 32.4. The van der Waals surface area contributed by atoms with E-state index in [1.165, 1.54) is 77.0 Å². The standard InChI is InChI=1S/C22H40O/c1-3-5-6-7-19-8-10-20(11-9-19)12-13-21-14-16-22(17-15-21)18-23-4-2/h6-7,19-22H,3-5,8-18H2,1-2H3/b7-6+. The van der Waals surface area contributed by atoms with E-state index in [1.54, 1.807) is 0 Å². The van der Waals surface area contributed by atoms with E-state index in [4.69, 9.17) is 4.74 Å². The molecule has 0 amide bonds. The molecule has 0 bridgehead atoms. The Balaban J connectivity index is 1.54. The molecule has 0 unspecified atom stereocenters. The third-order valence-corrected chi connectivity index (χ3v) is 6.26.